The fraction of sp³-hybridized carbons (Fsp3) is 0.174. The molecule has 2 aromatic carbocycles. The number of amides is 1. The number of halogens is 1. The SMILES string of the molecule is Cc1cc(C)nc(Nc2ccc(Cl)c(C(=O)N(C)Cc3nc4ccccc4c(=O)[nH]3)c2)n1. The van der Waals surface area contributed by atoms with Gasteiger partial charge in [-0.3, -0.25) is 9.59 Å². The van der Waals surface area contributed by atoms with Crippen LogP contribution in [0.25, 0.3) is 10.9 Å². The quantitative estimate of drug-likeness (QED) is 0.478. The van der Waals surface area contributed by atoms with E-state index in [-0.39, 0.29) is 18.0 Å². The van der Waals surface area contributed by atoms with Crippen molar-refractivity contribution in [2.24, 2.45) is 0 Å². The zero-order valence-corrected chi connectivity index (χ0v) is 18.6. The number of hydrogen-bond acceptors (Lipinski definition) is 6. The summed E-state index contributed by atoms with van der Waals surface area (Å²) in [6, 6.07) is 14.0. The fourth-order valence-electron chi connectivity index (χ4n) is 3.39. The maximum atomic E-state index is 13.1. The van der Waals surface area contributed by atoms with E-state index in [1.807, 2.05) is 26.0 Å². The van der Waals surface area contributed by atoms with Crippen LogP contribution in [0.1, 0.15) is 27.6 Å². The third-order valence-corrected chi connectivity index (χ3v) is 5.16. The van der Waals surface area contributed by atoms with Gasteiger partial charge in [0.2, 0.25) is 5.95 Å². The van der Waals surface area contributed by atoms with Crippen LogP contribution in [0, 0.1) is 13.8 Å². The lowest BCUT2D eigenvalue weighted by atomic mass is 10.1. The van der Waals surface area contributed by atoms with Crippen LogP contribution in [0.4, 0.5) is 11.6 Å². The van der Waals surface area contributed by atoms with Crippen molar-refractivity contribution in [3.05, 3.63) is 86.7 Å². The summed E-state index contributed by atoms with van der Waals surface area (Å²) in [6.45, 7) is 3.89. The van der Waals surface area contributed by atoms with E-state index in [0.717, 1.165) is 11.4 Å². The van der Waals surface area contributed by atoms with Crippen molar-refractivity contribution in [1.29, 1.82) is 0 Å². The zero-order chi connectivity index (χ0) is 22.8. The minimum atomic E-state index is -0.309. The molecule has 9 heteroatoms. The molecular formula is C23H21ClN6O2. The number of aryl methyl sites for hydroxylation is 2. The maximum absolute atomic E-state index is 13.1. The van der Waals surface area contributed by atoms with Gasteiger partial charge in [0.25, 0.3) is 11.5 Å². The Bertz CT molecular complexity index is 1360. The van der Waals surface area contributed by atoms with E-state index in [9.17, 15) is 9.59 Å². The Morgan fingerprint density at radius 2 is 1.78 bits per heavy atom. The highest BCUT2D eigenvalue weighted by Crippen LogP contribution is 2.24. The zero-order valence-electron chi connectivity index (χ0n) is 17.8. The number of benzene rings is 2. The Hall–Kier alpha value is -3.78. The fourth-order valence-corrected chi connectivity index (χ4v) is 3.59. The van der Waals surface area contributed by atoms with Gasteiger partial charge in [-0.15, -0.1) is 0 Å². The van der Waals surface area contributed by atoms with Crippen molar-refractivity contribution < 1.29 is 4.79 Å². The van der Waals surface area contributed by atoms with Gasteiger partial charge in [-0.05, 0) is 50.2 Å². The number of carbonyl (C=O) groups is 1. The molecular weight excluding hydrogens is 428 g/mol. The summed E-state index contributed by atoms with van der Waals surface area (Å²) in [6.07, 6.45) is 0. The van der Waals surface area contributed by atoms with Gasteiger partial charge in [0, 0.05) is 24.1 Å². The van der Waals surface area contributed by atoms with E-state index in [0.29, 0.717) is 38.9 Å². The molecule has 2 aromatic heterocycles. The van der Waals surface area contributed by atoms with Crippen molar-refractivity contribution >= 4 is 40.0 Å². The summed E-state index contributed by atoms with van der Waals surface area (Å²) in [4.78, 5) is 42.7. The standard InChI is InChI=1S/C23H21ClN6O2/c1-13-10-14(2)26-23(25-13)27-15-8-9-18(24)17(11-15)22(32)30(3)12-20-28-19-7-5-4-6-16(19)21(31)29-20/h4-11H,12H2,1-3H3,(H,25,26,27)(H,28,29,31). The minimum absolute atomic E-state index is 0.118. The van der Waals surface area contributed by atoms with Crippen molar-refractivity contribution in [2.45, 2.75) is 20.4 Å². The van der Waals surface area contributed by atoms with Crippen LogP contribution in [-0.4, -0.2) is 37.8 Å². The molecule has 1 amide bonds. The molecule has 0 aliphatic carbocycles. The predicted octanol–water partition coefficient (Wildman–Crippen LogP) is 4.00. The summed E-state index contributed by atoms with van der Waals surface area (Å²) in [5.41, 5.74) is 2.94. The molecule has 32 heavy (non-hydrogen) atoms. The minimum Gasteiger partial charge on any atom is -0.334 e. The second kappa shape index (κ2) is 8.76. The molecule has 0 aliphatic heterocycles. The molecule has 0 unspecified atom stereocenters. The number of fused-ring (bicyclic) bond motifs is 1. The molecule has 0 saturated carbocycles. The van der Waals surface area contributed by atoms with Crippen LogP contribution in [0.5, 0.6) is 0 Å². The van der Waals surface area contributed by atoms with E-state index in [4.69, 9.17) is 11.6 Å². The largest absolute Gasteiger partial charge is 0.334 e. The molecule has 0 bridgehead atoms. The van der Waals surface area contributed by atoms with E-state index >= 15 is 0 Å². The van der Waals surface area contributed by atoms with Gasteiger partial charge in [0.05, 0.1) is 28.0 Å². The van der Waals surface area contributed by atoms with Gasteiger partial charge in [-0.2, -0.15) is 0 Å². The molecule has 0 spiro atoms. The summed E-state index contributed by atoms with van der Waals surface area (Å²) < 4.78 is 0. The molecule has 0 fully saturated rings. The number of rotatable bonds is 5. The monoisotopic (exact) mass is 448 g/mol. The van der Waals surface area contributed by atoms with Crippen LogP contribution >= 0.6 is 11.6 Å². The maximum Gasteiger partial charge on any atom is 0.258 e. The Morgan fingerprint density at radius 1 is 1.06 bits per heavy atom. The number of hydrogen-bond donors (Lipinski definition) is 2. The molecule has 8 nitrogen and oxygen atoms in total. The van der Waals surface area contributed by atoms with Gasteiger partial charge in [0.15, 0.2) is 0 Å². The van der Waals surface area contributed by atoms with Crippen molar-refractivity contribution in [1.82, 2.24) is 24.8 Å². The molecule has 2 heterocycles. The molecule has 0 radical (unpaired) electrons. The van der Waals surface area contributed by atoms with Gasteiger partial charge >= 0.3 is 0 Å². The molecule has 0 atom stereocenters. The highest BCUT2D eigenvalue weighted by molar-refractivity contribution is 6.34. The lowest BCUT2D eigenvalue weighted by molar-refractivity contribution is 0.0782. The van der Waals surface area contributed by atoms with Crippen LogP contribution in [0.2, 0.25) is 5.02 Å². The Balaban J connectivity index is 1.57. The molecule has 162 valence electrons. The highest BCUT2D eigenvalue weighted by Gasteiger charge is 2.18. The first-order valence-corrected chi connectivity index (χ1v) is 10.3. The first-order chi connectivity index (χ1) is 15.3. The number of aromatic nitrogens is 4. The lowest BCUT2D eigenvalue weighted by Crippen LogP contribution is -2.28. The van der Waals surface area contributed by atoms with Crippen LogP contribution in [-0.2, 0) is 6.54 Å². The third kappa shape index (κ3) is 4.60. The number of H-pyrrole nitrogens is 1. The average Bonchev–Trinajstić information content (AvgIpc) is 2.74. The van der Waals surface area contributed by atoms with Gasteiger partial charge in [0.1, 0.15) is 5.82 Å². The second-order valence-corrected chi connectivity index (χ2v) is 7.89. The Kier molecular flexibility index (Phi) is 5.87. The van der Waals surface area contributed by atoms with Crippen molar-refractivity contribution in [3.8, 4) is 0 Å². The second-order valence-electron chi connectivity index (χ2n) is 7.48. The molecule has 0 aliphatic rings. The van der Waals surface area contributed by atoms with Crippen LogP contribution in [0.3, 0.4) is 0 Å². The third-order valence-electron chi connectivity index (χ3n) is 4.83. The van der Waals surface area contributed by atoms with Crippen LogP contribution in [0.15, 0.2) is 53.3 Å². The first kappa shape index (κ1) is 21.5. The average molecular weight is 449 g/mol. The van der Waals surface area contributed by atoms with Gasteiger partial charge in [-0.1, -0.05) is 23.7 Å². The van der Waals surface area contributed by atoms with E-state index in [2.05, 4.69) is 25.3 Å². The van der Waals surface area contributed by atoms with Crippen molar-refractivity contribution in [2.75, 3.05) is 12.4 Å². The summed E-state index contributed by atoms with van der Waals surface area (Å²) in [7, 11) is 1.63. The topological polar surface area (TPSA) is 104 Å². The smallest absolute Gasteiger partial charge is 0.258 e. The summed E-state index contributed by atoms with van der Waals surface area (Å²) in [5, 5.41) is 3.93. The Morgan fingerprint density at radius 3 is 2.53 bits per heavy atom. The number of nitrogens with one attached hydrogen (secondary N) is 2. The number of anilines is 2. The molecule has 4 aromatic rings. The normalized spacial score (nSPS) is 10.9. The number of para-hydroxylation sites is 1. The number of nitrogens with zero attached hydrogens (tertiary/aromatic N) is 4. The Labute approximate surface area is 189 Å². The van der Waals surface area contributed by atoms with Gasteiger partial charge in [-0.25, -0.2) is 15.0 Å². The predicted molar refractivity (Wildman–Crippen MR) is 124 cm³/mol. The molecule has 2 N–H and O–H groups in total. The van der Waals surface area contributed by atoms with E-state index in [1.165, 1.54) is 4.90 Å². The summed E-state index contributed by atoms with van der Waals surface area (Å²) in [5.74, 6) is 0.518. The highest BCUT2D eigenvalue weighted by atomic mass is 35.5. The number of carbonyl (C=O) groups excluding carboxylic acids is 1. The number of aromatic amines is 1. The van der Waals surface area contributed by atoms with E-state index < -0.39 is 0 Å². The van der Waals surface area contributed by atoms with Crippen LogP contribution < -0.4 is 10.9 Å². The molecule has 0 saturated heterocycles. The van der Waals surface area contributed by atoms with Gasteiger partial charge < -0.3 is 15.2 Å². The molecule has 4 rings (SSSR count). The summed E-state index contributed by atoms with van der Waals surface area (Å²) >= 11 is 6.31. The van der Waals surface area contributed by atoms with Crippen molar-refractivity contribution in [3.63, 3.8) is 0 Å². The first-order valence-electron chi connectivity index (χ1n) is 9.92. The lowest BCUT2D eigenvalue weighted by Gasteiger charge is -2.18. The van der Waals surface area contributed by atoms with E-state index in [1.54, 1.807) is 43.4 Å².